The lowest BCUT2D eigenvalue weighted by atomic mass is 10.1. The minimum absolute atomic E-state index is 0.0762. The molecular formula is C32H27N5O5S. The van der Waals surface area contributed by atoms with Gasteiger partial charge in [-0.05, 0) is 62.4 Å². The van der Waals surface area contributed by atoms with Gasteiger partial charge in [0.15, 0.2) is 6.61 Å². The summed E-state index contributed by atoms with van der Waals surface area (Å²) in [5.74, 6) is 1.29. The number of aromatic nitrogens is 4. The summed E-state index contributed by atoms with van der Waals surface area (Å²) in [6.07, 6.45) is 0. The molecule has 11 heteroatoms. The fourth-order valence-corrected chi connectivity index (χ4v) is 5.77. The van der Waals surface area contributed by atoms with Gasteiger partial charge in [-0.25, -0.2) is 8.42 Å². The highest BCUT2D eigenvalue weighted by Crippen LogP contribution is 2.35. The summed E-state index contributed by atoms with van der Waals surface area (Å²) in [7, 11) is -4.08. The predicted octanol–water partition coefficient (Wildman–Crippen LogP) is 6.38. The summed E-state index contributed by atoms with van der Waals surface area (Å²) in [5, 5.41) is 16.5. The molecule has 0 saturated carbocycles. The fraction of sp³-hybridized carbons (Fsp3) is 0.125. The molecule has 0 radical (unpaired) electrons. The molecule has 0 saturated heterocycles. The average Bonchev–Trinajstić information content (AvgIpc) is 3.70. The monoisotopic (exact) mass is 593 g/mol. The third-order valence-corrected chi connectivity index (χ3v) is 8.40. The third-order valence-electron chi connectivity index (χ3n) is 6.63. The van der Waals surface area contributed by atoms with E-state index in [1.54, 1.807) is 42.5 Å². The normalized spacial score (nSPS) is 11.4. The van der Waals surface area contributed by atoms with E-state index >= 15 is 0 Å². The van der Waals surface area contributed by atoms with Crippen LogP contribution in [0.25, 0.3) is 22.9 Å². The zero-order chi connectivity index (χ0) is 29.8. The number of benzene rings is 4. The third kappa shape index (κ3) is 6.16. The Labute approximate surface area is 248 Å². The lowest BCUT2D eigenvalue weighted by molar-refractivity contribution is 0.265. The van der Waals surface area contributed by atoms with Crippen LogP contribution in [0, 0.1) is 13.8 Å². The lowest BCUT2D eigenvalue weighted by Gasteiger charge is -2.25. The fourth-order valence-electron chi connectivity index (χ4n) is 4.32. The van der Waals surface area contributed by atoms with Crippen LogP contribution >= 0.6 is 0 Å². The van der Waals surface area contributed by atoms with E-state index in [4.69, 9.17) is 13.6 Å². The van der Waals surface area contributed by atoms with E-state index in [2.05, 4.69) is 20.4 Å². The Hall–Kier alpha value is -5.29. The highest BCUT2D eigenvalue weighted by molar-refractivity contribution is 7.92. The zero-order valence-electron chi connectivity index (χ0n) is 23.4. The first-order valence-corrected chi connectivity index (χ1v) is 14.9. The molecule has 0 atom stereocenters. The van der Waals surface area contributed by atoms with Crippen molar-refractivity contribution in [1.29, 1.82) is 0 Å². The highest BCUT2D eigenvalue weighted by atomic mass is 32.2. The SMILES string of the molecule is Cc1ccc(-c2nnc(COc3ccccc3N(Cc3nnc(-c4ccc(C)cc4)o3)S(=O)(=O)c3ccccc3)o2)cc1. The van der Waals surface area contributed by atoms with E-state index < -0.39 is 10.0 Å². The molecule has 4 aromatic carbocycles. The first kappa shape index (κ1) is 27.9. The summed E-state index contributed by atoms with van der Waals surface area (Å²) in [4.78, 5) is 0.0997. The average molecular weight is 594 g/mol. The van der Waals surface area contributed by atoms with E-state index in [0.29, 0.717) is 5.89 Å². The molecular weight excluding hydrogens is 566 g/mol. The number of rotatable bonds is 10. The van der Waals surface area contributed by atoms with Crippen molar-refractivity contribution in [2.24, 2.45) is 0 Å². The number of nitrogens with zero attached hydrogens (tertiary/aromatic N) is 5. The van der Waals surface area contributed by atoms with Gasteiger partial charge in [0, 0.05) is 11.1 Å². The number of ether oxygens (including phenoxy) is 1. The van der Waals surface area contributed by atoms with Crippen LogP contribution < -0.4 is 9.04 Å². The lowest BCUT2D eigenvalue weighted by Crippen LogP contribution is -2.31. The maximum Gasteiger partial charge on any atom is 0.264 e. The Kier molecular flexibility index (Phi) is 7.71. The van der Waals surface area contributed by atoms with Crippen molar-refractivity contribution in [2.75, 3.05) is 4.31 Å². The number of hydrogen-bond acceptors (Lipinski definition) is 9. The van der Waals surface area contributed by atoms with E-state index in [9.17, 15) is 8.42 Å². The second kappa shape index (κ2) is 11.9. The number of aryl methyl sites for hydroxylation is 2. The quantitative estimate of drug-likeness (QED) is 0.178. The van der Waals surface area contributed by atoms with Crippen LogP contribution in [0.15, 0.2) is 117 Å². The standard InChI is InChI=1S/C32H27N5O5S/c1-22-12-16-24(17-13-22)31-35-33-29(41-31)20-37(43(38,39)26-8-4-3-5-9-26)27-10-6-7-11-28(27)40-21-30-34-36-32(42-30)25-18-14-23(2)15-19-25/h3-19H,20-21H2,1-2H3. The van der Waals surface area contributed by atoms with Crippen LogP contribution in [0.2, 0.25) is 0 Å². The topological polar surface area (TPSA) is 124 Å². The van der Waals surface area contributed by atoms with Gasteiger partial charge in [0.2, 0.25) is 17.7 Å². The molecule has 10 nitrogen and oxygen atoms in total. The maximum absolute atomic E-state index is 14.0. The maximum atomic E-state index is 14.0. The molecule has 6 rings (SSSR count). The second-order valence-corrected chi connectivity index (χ2v) is 11.7. The van der Waals surface area contributed by atoms with Crippen molar-refractivity contribution in [3.8, 4) is 28.7 Å². The van der Waals surface area contributed by atoms with Crippen LogP contribution in [0.4, 0.5) is 5.69 Å². The van der Waals surface area contributed by atoms with Gasteiger partial charge in [0.05, 0.1) is 10.6 Å². The smallest absolute Gasteiger partial charge is 0.264 e. The highest BCUT2D eigenvalue weighted by Gasteiger charge is 2.29. The van der Waals surface area contributed by atoms with E-state index in [1.807, 2.05) is 62.4 Å². The summed E-state index contributed by atoms with van der Waals surface area (Å²) in [6, 6.07) is 30.3. The molecule has 0 unspecified atom stereocenters. The van der Waals surface area contributed by atoms with E-state index in [-0.39, 0.29) is 47.2 Å². The molecule has 0 aliphatic rings. The van der Waals surface area contributed by atoms with E-state index in [1.165, 1.54) is 16.4 Å². The van der Waals surface area contributed by atoms with Crippen LogP contribution in [0.3, 0.4) is 0 Å². The first-order chi connectivity index (χ1) is 20.9. The second-order valence-electron chi connectivity index (χ2n) is 9.82. The van der Waals surface area contributed by atoms with Crippen LogP contribution in [0.5, 0.6) is 5.75 Å². The summed E-state index contributed by atoms with van der Waals surface area (Å²) in [5.41, 5.74) is 4.00. The van der Waals surface area contributed by atoms with Gasteiger partial charge in [0.1, 0.15) is 12.3 Å². The molecule has 0 aliphatic heterocycles. The van der Waals surface area contributed by atoms with Gasteiger partial charge in [-0.15, -0.1) is 20.4 Å². The molecule has 0 fully saturated rings. The summed E-state index contributed by atoms with van der Waals surface area (Å²) < 4.78 is 47.0. The minimum atomic E-state index is -4.08. The van der Waals surface area contributed by atoms with Crippen LogP contribution in [-0.2, 0) is 23.2 Å². The molecule has 2 heterocycles. The molecule has 0 bridgehead atoms. The Morgan fingerprint density at radius 2 is 1.19 bits per heavy atom. The van der Waals surface area contributed by atoms with Gasteiger partial charge in [-0.3, -0.25) is 4.31 Å². The Morgan fingerprint density at radius 3 is 1.81 bits per heavy atom. The van der Waals surface area contributed by atoms with Crippen molar-refractivity contribution in [3.05, 3.63) is 126 Å². The Bertz CT molecular complexity index is 1940. The first-order valence-electron chi connectivity index (χ1n) is 13.5. The molecule has 0 spiro atoms. The largest absolute Gasteiger partial charge is 0.482 e. The predicted molar refractivity (Wildman–Crippen MR) is 160 cm³/mol. The van der Waals surface area contributed by atoms with Crippen LogP contribution in [0.1, 0.15) is 22.9 Å². The van der Waals surface area contributed by atoms with Gasteiger partial charge in [-0.1, -0.05) is 65.7 Å². The molecule has 0 aliphatic carbocycles. The van der Waals surface area contributed by atoms with Gasteiger partial charge in [0.25, 0.3) is 15.9 Å². The molecule has 43 heavy (non-hydrogen) atoms. The van der Waals surface area contributed by atoms with Crippen molar-refractivity contribution in [1.82, 2.24) is 20.4 Å². The number of para-hydroxylation sites is 2. The molecule has 0 amide bonds. The van der Waals surface area contributed by atoms with E-state index in [0.717, 1.165) is 22.3 Å². The number of hydrogen-bond donors (Lipinski definition) is 0. The van der Waals surface area contributed by atoms with Crippen molar-refractivity contribution in [2.45, 2.75) is 31.9 Å². The van der Waals surface area contributed by atoms with Gasteiger partial charge in [-0.2, -0.15) is 0 Å². The van der Waals surface area contributed by atoms with Gasteiger partial charge < -0.3 is 13.6 Å². The van der Waals surface area contributed by atoms with Crippen molar-refractivity contribution < 1.29 is 22.0 Å². The minimum Gasteiger partial charge on any atom is -0.482 e. The number of anilines is 1. The molecule has 2 aromatic heterocycles. The van der Waals surface area contributed by atoms with Crippen molar-refractivity contribution in [3.63, 3.8) is 0 Å². The molecule has 6 aromatic rings. The zero-order valence-corrected chi connectivity index (χ0v) is 24.2. The Balaban J connectivity index is 1.30. The van der Waals surface area contributed by atoms with Gasteiger partial charge >= 0.3 is 0 Å². The van der Waals surface area contributed by atoms with Crippen molar-refractivity contribution >= 4 is 15.7 Å². The summed E-state index contributed by atoms with van der Waals surface area (Å²) >= 11 is 0. The summed E-state index contributed by atoms with van der Waals surface area (Å²) in [6.45, 7) is 3.68. The molecule has 0 N–H and O–H groups in total. The molecule has 216 valence electrons. The van der Waals surface area contributed by atoms with Crippen LogP contribution in [-0.4, -0.2) is 28.8 Å². The Morgan fingerprint density at radius 1 is 0.651 bits per heavy atom. The number of sulfonamides is 1.